The Kier molecular flexibility index (Phi) is 6.96. The minimum atomic E-state index is -2.59. The number of allylic oxidation sites excluding steroid dienone is 2. The highest BCUT2D eigenvalue weighted by atomic mass is 19.3. The van der Waals surface area contributed by atoms with Crippen LogP contribution < -0.4 is 0 Å². The Hall–Kier alpha value is -3.04. The van der Waals surface area contributed by atoms with Gasteiger partial charge >= 0.3 is 5.97 Å². The molecule has 0 amide bonds. The molecule has 9 heteroatoms. The van der Waals surface area contributed by atoms with E-state index in [-0.39, 0.29) is 17.7 Å². The first-order valence-electron chi connectivity index (χ1n) is 9.24. The van der Waals surface area contributed by atoms with E-state index in [4.69, 9.17) is 9.47 Å². The number of hydrogen-bond acceptors (Lipinski definition) is 5. The Labute approximate surface area is 172 Å². The quantitative estimate of drug-likeness (QED) is 0.672. The largest absolute Gasteiger partial charge is 0.478 e. The summed E-state index contributed by atoms with van der Waals surface area (Å²) in [6.45, 7) is 0.918. The van der Waals surface area contributed by atoms with Gasteiger partial charge in [0.2, 0.25) is 0 Å². The van der Waals surface area contributed by atoms with Gasteiger partial charge in [-0.25, -0.2) is 13.6 Å². The van der Waals surface area contributed by atoms with Crippen LogP contribution in [0.25, 0.3) is 0 Å². The van der Waals surface area contributed by atoms with E-state index < -0.39 is 18.6 Å². The van der Waals surface area contributed by atoms with E-state index in [0.29, 0.717) is 18.8 Å². The van der Waals surface area contributed by atoms with Crippen LogP contribution in [-0.2, 0) is 29.2 Å². The second kappa shape index (κ2) is 9.64. The molecular formula is C21H23F2N3O4. The van der Waals surface area contributed by atoms with Gasteiger partial charge in [0.1, 0.15) is 11.3 Å². The minimum absolute atomic E-state index is 0.0728. The number of ether oxygens (including phenoxy) is 2. The molecule has 1 aliphatic rings. The number of carbonyl (C=O) groups is 1. The number of hydrogen-bond donors (Lipinski definition) is 1. The van der Waals surface area contributed by atoms with E-state index in [1.54, 1.807) is 21.9 Å². The van der Waals surface area contributed by atoms with E-state index in [2.05, 4.69) is 5.10 Å². The molecule has 0 radical (unpaired) electrons. The standard InChI is InChI=1S/C21H23F2N3O4/c1-29-13-18-17(21(27)28)12-26(24-18)11-15-7-5-14(6-8-15)10-25-9-3-4-16(19(22)23)20(25)30-2/h3-9,12,19-20H,10-11,13H2,1-2H3,(H,27,28). The maximum Gasteiger partial charge on any atom is 0.339 e. The van der Waals surface area contributed by atoms with Gasteiger partial charge in [-0.15, -0.1) is 0 Å². The summed E-state index contributed by atoms with van der Waals surface area (Å²) in [5.41, 5.74) is 2.25. The predicted molar refractivity (Wildman–Crippen MR) is 105 cm³/mol. The smallest absolute Gasteiger partial charge is 0.339 e. The average molecular weight is 419 g/mol. The Balaban J connectivity index is 1.69. The number of aromatic carboxylic acids is 1. The number of alkyl halides is 2. The summed E-state index contributed by atoms with van der Waals surface area (Å²) in [5.74, 6) is -1.05. The van der Waals surface area contributed by atoms with Crippen molar-refractivity contribution in [3.05, 3.63) is 76.8 Å². The zero-order valence-corrected chi connectivity index (χ0v) is 16.7. The van der Waals surface area contributed by atoms with E-state index in [0.717, 1.165) is 11.1 Å². The number of halogens is 2. The van der Waals surface area contributed by atoms with Crippen LogP contribution >= 0.6 is 0 Å². The minimum Gasteiger partial charge on any atom is -0.478 e. The fourth-order valence-electron chi connectivity index (χ4n) is 3.32. The van der Waals surface area contributed by atoms with Crippen LogP contribution in [0, 0.1) is 0 Å². The monoisotopic (exact) mass is 419 g/mol. The first-order chi connectivity index (χ1) is 14.4. The molecule has 0 saturated heterocycles. The van der Waals surface area contributed by atoms with E-state index in [9.17, 15) is 18.7 Å². The molecule has 1 aromatic carbocycles. The topological polar surface area (TPSA) is 76.8 Å². The summed E-state index contributed by atoms with van der Waals surface area (Å²) in [6.07, 6.45) is 2.77. The molecule has 160 valence electrons. The number of carboxylic acids is 1. The van der Waals surface area contributed by atoms with Crippen LogP contribution in [0.15, 0.2) is 54.4 Å². The highest BCUT2D eigenvalue weighted by Gasteiger charge is 2.28. The van der Waals surface area contributed by atoms with E-state index in [1.165, 1.54) is 26.5 Å². The summed E-state index contributed by atoms with van der Waals surface area (Å²) in [6, 6.07) is 7.58. The fourth-order valence-corrected chi connectivity index (χ4v) is 3.32. The number of carboxylic acid groups (broad SMARTS) is 1. The fraction of sp³-hybridized carbons (Fsp3) is 0.333. The van der Waals surface area contributed by atoms with Gasteiger partial charge in [-0.05, 0) is 17.2 Å². The summed E-state index contributed by atoms with van der Waals surface area (Å²) in [5, 5.41) is 13.6. The van der Waals surface area contributed by atoms with Crippen molar-refractivity contribution in [1.29, 1.82) is 0 Å². The third-order valence-corrected chi connectivity index (χ3v) is 4.71. The second-order valence-electron chi connectivity index (χ2n) is 6.81. The molecule has 1 aliphatic heterocycles. The first kappa shape index (κ1) is 21.7. The van der Waals surface area contributed by atoms with Crippen LogP contribution in [0.5, 0.6) is 0 Å². The van der Waals surface area contributed by atoms with Crippen LogP contribution in [0.3, 0.4) is 0 Å². The van der Waals surface area contributed by atoms with Crippen molar-refractivity contribution in [3.63, 3.8) is 0 Å². The second-order valence-corrected chi connectivity index (χ2v) is 6.81. The Morgan fingerprint density at radius 2 is 1.87 bits per heavy atom. The van der Waals surface area contributed by atoms with Crippen LogP contribution in [-0.4, -0.2) is 52.6 Å². The lowest BCUT2D eigenvalue weighted by Gasteiger charge is -2.33. The maximum atomic E-state index is 13.2. The third kappa shape index (κ3) is 4.92. The first-order valence-corrected chi connectivity index (χ1v) is 9.24. The molecule has 1 atom stereocenters. The highest BCUT2D eigenvalue weighted by molar-refractivity contribution is 5.88. The molecular weight excluding hydrogens is 396 g/mol. The summed E-state index contributed by atoms with van der Waals surface area (Å²) in [7, 11) is 2.89. The normalized spacial score (nSPS) is 16.2. The molecule has 2 heterocycles. The lowest BCUT2D eigenvalue weighted by atomic mass is 10.1. The van der Waals surface area contributed by atoms with Crippen molar-refractivity contribution in [2.75, 3.05) is 14.2 Å². The molecule has 30 heavy (non-hydrogen) atoms. The van der Waals surface area contributed by atoms with E-state index in [1.807, 2.05) is 24.3 Å². The van der Waals surface area contributed by atoms with Crippen molar-refractivity contribution < 1.29 is 28.2 Å². The SMILES string of the molecule is COCc1nn(Cc2ccc(CN3C=CC=C(C(F)F)C3OC)cc2)cc1C(=O)O. The average Bonchev–Trinajstić information content (AvgIpc) is 3.12. The molecule has 0 aliphatic carbocycles. The van der Waals surface area contributed by atoms with E-state index >= 15 is 0 Å². The number of rotatable bonds is 9. The van der Waals surface area contributed by atoms with Gasteiger partial charge in [0.15, 0.2) is 6.23 Å². The summed E-state index contributed by atoms with van der Waals surface area (Å²) >= 11 is 0. The molecule has 2 aromatic rings. The molecule has 1 aromatic heterocycles. The van der Waals surface area contributed by atoms with Crippen molar-refractivity contribution in [3.8, 4) is 0 Å². The summed E-state index contributed by atoms with van der Waals surface area (Å²) < 4.78 is 38.2. The van der Waals surface area contributed by atoms with Crippen molar-refractivity contribution >= 4 is 5.97 Å². The van der Waals surface area contributed by atoms with Gasteiger partial charge in [0, 0.05) is 38.7 Å². The molecule has 1 unspecified atom stereocenters. The zero-order valence-electron chi connectivity index (χ0n) is 16.7. The van der Waals surface area contributed by atoms with Gasteiger partial charge in [0.25, 0.3) is 6.43 Å². The Morgan fingerprint density at radius 1 is 1.20 bits per heavy atom. The highest BCUT2D eigenvalue weighted by Crippen LogP contribution is 2.25. The van der Waals surface area contributed by atoms with Crippen molar-refractivity contribution in [1.82, 2.24) is 14.7 Å². The molecule has 3 rings (SSSR count). The molecule has 1 N–H and O–H groups in total. The molecule has 0 fully saturated rings. The Morgan fingerprint density at radius 3 is 2.43 bits per heavy atom. The zero-order chi connectivity index (χ0) is 21.7. The lowest BCUT2D eigenvalue weighted by molar-refractivity contribution is -0.00501. The molecule has 0 saturated carbocycles. The van der Waals surface area contributed by atoms with Gasteiger partial charge < -0.3 is 19.5 Å². The molecule has 0 spiro atoms. The summed E-state index contributed by atoms with van der Waals surface area (Å²) in [4.78, 5) is 13.0. The maximum absolute atomic E-state index is 13.2. The van der Waals surface area contributed by atoms with Gasteiger partial charge in [-0.2, -0.15) is 5.10 Å². The third-order valence-electron chi connectivity index (χ3n) is 4.71. The van der Waals surface area contributed by atoms with Gasteiger partial charge in [-0.1, -0.05) is 30.3 Å². The lowest BCUT2D eigenvalue weighted by Crippen LogP contribution is -2.37. The Bertz CT molecular complexity index is 938. The van der Waals surface area contributed by atoms with Crippen LogP contribution in [0.2, 0.25) is 0 Å². The van der Waals surface area contributed by atoms with Crippen LogP contribution in [0.4, 0.5) is 8.78 Å². The molecule has 0 bridgehead atoms. The number of methoxy groups -OCH3 is 2. The van der Waals surface area contributed by atoms with Gasteiger partial charge in [0.05, 0.1) is 13.2 Å². The molecule has 7 nitrogen and oxygen atoms in total. The van der Waals surface area contributed by atoms with Crippen molar-refractivity contribution in [2.45, 2.75) is 32.3 Å². The number of benzene rings is 1. The van der Waals surface area contributed by atoms with Gasteiger partial charge in [-0.3, -0.25) is 4.68 Å². The predicted octanol–water partition coefficient (Wildman–Crippen LogP) is 3.27. The number of nitrogens with zero attached hydrogens (tertiary/aromatic N) is 3. The van der Waals surface area contributed by atoms with Crippen molar-refractivity contribution in [2.24, 2.45) is 0 Å². The van der Waals surface area contributed by atoms with Crippen LogP contribution in [0.1, 0.15) is 27.2 Å². The number of aromatic nitrogens is 2.